The van der Waals surface area contributed by atoms with E-state index in [1.54, 1.807) is 43.9 Å². The summed E-state index contributed by atoms with van der Waals surface area (Å²) in [6, 6.07) is 23.2. The van der Waals surface area contributed by atoms with Crippen molar-refractivity contribution in [3.8, 4) is 0 Å². The van der Waals surface area contributed by atoms with E-state index < -0.39 is 41.5 Å². The fraction of sp³-hybridized carbons (Fsp3) is 0.400. The summed E-state index contributed by atoms with van der Waals surface area (Å²) in [4.78, 5) is 55.8. The zero-order valence-corrected chi connectivity index (χ0v) is 30.5. The Labute approximate surface area is 305 Å². The molecule has 11 heteroatoms. The van der Waals surface area contributed by atoms with E-state index in [-0.39, 0.29) is 37.3 Å². The van der Waals surface area contributed by atoms with Crippen molar-refractivity contribution in [2.24, 2.45) is 11.1 Å². The number of amides is 3. The quantitative estimate of drug-likeness (QED) is 0.143. The summed E-state index contributed by atoms with van der Waals surface area (Å²) in [5.74, 6) is -1.70. The van der Waals surface area contributed by atoms with Crippen LogP contribution < -0.4 is 16.4 Å². The normalized spacial score (nSPS) is 17.9. The molecule has 0 aliphatic carbocycles. The summed E-state index contributed by atoms with van der Waals surface area (Å²) in [5.41, 5.74) is 7.34. The number of ether oxygens (including phenoxy) is 2. The molecule has 1 aliphatic rings. The number of halogens is 1. The van der Waals surface area contributed by atoms with Gasteiger partial charge in [0.05, 0.1) is 37.3 Å². The van der Waals surface area contributed by atoms with Gasteiger partial charge in [0, 0.05) is 18.0 Å². The van der Waals surface area contributed by atoms with Gasteiger partial charge >= 0.3 is 5.97 Å². The predicted molar refractivity (Wildman–Crippen MR) is 198 cm³/mol. The largest absolute Gasteiger partial charge is 0.467 e. The van der Waals surface area contributed by atoms with E-state index in [1.165, 1.54) is 7.11 Å². The smallest absolute Gasteiger partial charge is 0.328 e. The number of hydrogen-bond donors (Lipinski definition) is 3. The lowest BCUT2D eigenvalue weighted by Crippen LogP contribution is -2.57. The molecule has 1 aliphatic heterocycles. The van der Waals surface area contributed by atoms with Gasteiger partial charge in [-0.15, -0.1) is 0 Å². The third-order valence-electron chi connectivity index (χ3n) is 9.12. The number of nitrogens with zero attached hydrogens (tertiary/aromatic N) is 1. The predicted octanol–water partition coefficient (Wildman–Crippen LogP) is 4.77. The molecule has 6 atom stereocenters. The van der Waals surface area contributed by atoms with Crippen molar-refractivity contribution in [1.29, 1.82) is 0 Å². The SMILES string of the molecule is COC(=O)[C@H](Cc1ccccc1)NC(=O)[C@@](C)(C=C[C@@H]1CCCN1C(=O)[C@@H](NC(=O)[C@H](C)N)C(C)OCc1ccccc1)Cc1cccc(Cl)c1. The van der Waals surface area contributed by atoms with E-state index in [2.05, 4.69) is 10.6 Å². The van der Waals surface area contributed by atoms with Crippen molar-refractivity contribution in [2.75, 3.05) is 13.7 Å². The maximum Gasteiger partial charge on any atom is 0.328 e. The van der Waals surface area contributed by atoms with Crippen molar-refractivity contribution in [2.45, 2.75) is 83.3 Å². The molecular weight excluding hydrogens is 668 g/mol. The van der Waals surface area contributed by atoms with Gasteiger partial charge in [-0.2, -0.15) is 0 Å². The van der Waals surface area contributed by atoms with Gasteiger partial charge in [0.2, 0.25) is 17.7 Å². The number of benzene rings is 3. The molecule has 4 N–H and O–H groups in total. The minimum Gasteiger partial charge on any atom is -0.467 e. The Balaban J connectivity index is 1.59. The van der Waals surface area contributed by atoms with E-state index in [0.29, 0.717) is 18.0 Å². The topological polar surface area (TPSA) is 140 Å². The minimum atomic E-state index is -1.15. The summed E-state index contributed by atoms with van der Waals surface area (Å²) < 4.78 is 11.2. The van der Waals surface area contributed by atoms with Crippen molar-refractivity contribution in [3.63, 3.8) is 0 Å². The van der Waals surface area contributed by atoms with Gasteiger partial charge in [0.25, 0.3) is 0 Å². The van der Waals surface area contributed by atoms with Gasteiger partial charge in [-0.25, -0.2) is 4.79 Å². The van der Waals surface area contributed by atoms with E-state index >= 15 is 0 Å². The summed E-state index contributed by atoms with van der Waals surface area (Å²) in [6.45, 7) is 5.83. The molecule has 0 bridgehead atoms. The van der Waals surface area contributed by atoms with Gasteiger partial charge in [0.1, 0.15) is 12.1 Å². The number of rotatable bonds is 16. The number of nitrogens with two attached hydrogens (primary N) is 1. The van der Waals surface area contributed by atoms with E-state index in [4.69, 9.17) is 26.8 Å². The molecule has 0 spiro atoms. The highest BCUT2D eigenvalue weighted by Gasteiger charge is 2.39. The molecule has 3 aromatic rings. The summed E-state index contributed by atoms with van der Waals surface area (Å²) in [6.07, 6.45) is 4.92. The number of esters is 1. The van der Waals surface area contributed by atoms with Crippen LogP contribution in [0.1, 0.15) is 50.3 Å². The molecule has 272 valence electrons. The fourth-order valence-corrected chi connectivity index (χ4v) is 6.34. The first-order valence-electron chi connectivity index (χ1n) is 17.3. The molecule has 1 saturated heterocycles. The van der Waals surface area contributed by atoms with Gasteiger partial charge in [0.15, 0.2) is 0 Å². The van der Waals surface area contributed by atoms with Crippen LogP contribution in [-0.4, -0.2) is 72.5 Å². The molecule has 0 saturated carbocycles. The first-order valence-corrected chi connectivity index (χ1v) is 17.7. The number of nitrogens with one attached hydrogen (secondary N) is 2. The Bertz CT molecular complexity index is 1650. The van der Waals surface area contributed by atoms with Crippen LogP contribution in [0.25, 0.3) is 0 Å². The first kappa shape index (κ1) is 39.3. The second kappa shape index (κ2) is 18.6. The Morgan fingerprint density at radius 1 is 0.961 bits per heavy atom. The lowest BCUT2D eigenvalue weighted by atomic mass is 9.81. The van der Waals surface area contributed by atoms with Gasteiger partial charge < -0.3 is 30.7 Å². The Hall–Kier alpha value is -4.51. The maximum atomic E-state index is 14.2. The fourth-order valence-electron chi connectivity index (χ4n) is 6.13. The molecule has 1 fully saturated rings. The van der Waals surface area contributed by atoms with Crippen molar-refractivity contribution in [3.05, 3.63) is 119 Å². The van der Waals surface area contributed by atoms with E-state index in [1.807, 2.05) is 78.9 Å². The zero-order valence-electron chi connectivity index (χ0n) is 29.7. The average molecular weight is 717 g/mol. The highest BCUT2D eigenvalue weighted by Crippen LogP contribution is 2.29. The standard InChI is InChI=1S/C40H49ClN4O6/c1-27(42)36(46)44-35(28(2)51-26-30-15-9-6-10-16-30)37(47)45-22-12-19-33(45)20-21-40(3,25-31-17-11-18-32(41)23-31)39(49)43-34(38(48)50-4)24-29-13-7-5-8-14-29/h5-11,13-18,20-21,23,27-28,33-35H,12,19,22,24-26,42H2,1-4H3,(H,43,49)(H,44,46)/t27-,28?,33-,34-,35-,40-/m0/s1. The number of carbonyl (C=O) groups excluding carboxylic acids is 4. The molecule has 10 nitrogen and oxygen atoms in total. The summed E-state index contributed by atoms with van der Waals surface area (Å²) in [5, 5.41) is 6.29. The van der Waals surface area contributed by atoms with Gasteiger partial charge in [-0.1, -0.05) is 96.5 Å². The number of methoxy groups -OCH3 is 1. The van der Waals surface area contributed by atoms with Crippen molar-refractivity contribution >= 4 is 35.3 Å². The summed E-state index contributed by atoms with van der Waals surface area (Å²) >= 11 is 6.32. The van der Waals surface area contributed by atoms with Crippen molar-refractivity contribution < 1.29 is 28.7 Å². The molecule has 1 unspecified atom stereocenters. The van der Waals surface area contributed by atoms with Crippen LogP contribution >= 0.6 is 11.6 Å². The second-order valence-corrected chi connectivity index (χ2v) is 13.8. The number of carbonyl (C=O) groups is 4. The van der Waals surface area contributed by atoms with Gasteiger partial charge in [-0.05, 0) is 68.9 Å². The highest BCUT2D eigenvalue weighted by atomic mass is 35.5. The van der Waals surface area contributed by atoms with Crippen LogP contribution in [-0.2, 0) is 48.1 Å². The van der Waals surface area contributed by atoms with Crippen LogP contribution in [0.5, 0.6) is 0 Å². The molecule has 3 aromatic carbocycles. The van der Waals surface area contributed by atoms with Crippen molar-refractivity contribution in [1.82, 2.24) is 15.5 Å². The first-order chi connectivity index (χ1) is 24.4. The Morgan fingerprint density at radius 3 is 2.24 bits per heavy atom. The Morgan fingerprint density at radius 2 is 1.61 bits per heavy atom. The third kappa shape index (κ3) is 11.2. The number of likely N-dealkylation sites (tertiary alicyclic amines) is 1. The highest BCUT2D eigenvalue weighted by molar-refractivity contribution is 6.30. The maximum absolute atomic E-state index is 14.2. The monoisotopic (exact) mass is 716 g/mol. The number of hydrogen-bond acceptors (Lipinski definition) is 7. The van der Waals surface area contributed by atoms with Crippen LogP contribution in [0, 0.1) is 5.41 Å². The van der Waals surface area contributed by atoms with Crippen LogP contribution in [0.3, 0.4) is 0 Å². The Kier molecular flexibility index (Phi) is 14.4. The average Bonchev–Trinajstić information content (AvgIpc) is 3.60. The lowest BCUT2D eigenvalue weighted by Gasteiger charge is -2.32. The minimum absolute atomic E-state index is 0.250. The molecule has 0 radical (unpaired) electrons. The second-order valence-electron chi connectivity index (χ2n) is 13.3. The zero-order chi connectivity index (χ0) is 37.0. The van der Waals surface area contributed by atoms with Crippen LogP contribution in [0.15, 0.2) is 97.1 Å². The molecule has 0 aromatic heterocycles. The lowest BCUT2D eigenvalue weighted by molar-refractivity contribution is -0.146. The van der Waals surface area contributed by atoms with Crippen LogP contribution in [0.2, 0.25) is 5.02 Å². The third-order valence-corrected chi connectivity index (χ3v) is 9.36. The molecule has 3 amide bonds. The molecule has 4 rings (SSSR count). The molecule has 1 heterocycles. The molecular formula is C40H49ClN4O6. The van der Waals surface area contributed by atoms with E-state index in [9.17, 15) is 19.2 Å². The van der Waals surface area contributed by atoms with Gasteiger partial charge in [-0.3, -0.25) is 14.4 Å². The van der Waals surface area contributed by atoms with Crippen LogP contribution in [0.4, 0.5) is 0 Å². The molecule has 51 heavy (non-hydrogen) atoms. The summed E-state index contributed by atoms with van der Waals surface area (Å²) in [7, 11) is 1.29. The van der Waals surface area contributed by atoms with E-state index in [0.717, 1.165) is 23.1 Å².